The van der Waals surface area contributed by atoms with Crippen molar-refractivity contribution in [2.45, 2.75) is 51.6 Å². The first-order valence-electron chi connectivity index (χ1n) is 6.01. The lowest BCUT2D eigenvalue weighted by Crippen LogP contribution is -2.12. The second kappa shape index (κ2) is 4.84. The van der Waals surface area contributed by atoms with E-state index in [1.165, 1.54) is 25.7 Å². The number of rotatable bonds is 2. The van der Waals surface area contributed by atoms with Crippen molar-refractivity contribution in [1.82, 2.24) is 0 Å². The van der Waals surface area contributed by atoms with Crippen molar-refractivity contribution in [3.8, 4) is 0 Å². The Kier molecular flexibility index (Phi) is 3.47. The molecule has 84 valence electrons. The summed E-state index contributed by atoms with van der Waals surface area (Å²) in [5.74, 6) is 1.30. The van der Waals surface area contributed by atoms with Gasteiger partial charge in [0.15, 0.2) is 0 Å². The summed E-state index contributed by atoms with van der Waals surface area (Å²) in [5.41, 5.74) is 0.988. The quantitative estimate of drug-likeness (QED) is 0.753. The van der Waals surface area contributed by atoms with E-state index in [0.29, 0.717) is 5.92 Å². The third-order valence-corrected chi connectivity index (χ3v) is 3.56. The maximum absolute atomic E-state index is 10.3. The van der Waals surface area contributed by atoms with Gasteiger partial charge >= 0.3 is 0 Å². The van der Waals surface area contributed by atoms with Crippen LogP contribution in [0.3, 0.4) is 0 Å². The summed E-state index contributed by atoms with van der Waals surface area (Å²) >= 11 is 0. The molecule has 15 heavy (non-hydrogen) atoms. The predicted octanol–water partition coefficient (Wildman–Crippen LogP) is 3.59. The zero-order valence-electron chi connectivity index (χ0n) is 9.41. The van der Waals surface area contributed by atoms with E-state index in [1.807, 2.05) is 13.0 Å². The fourth-order valence-electron chi connectivity index (χ4n) is 2.58. The molecule has 2 heteroatoms. The highest BCUT2D eigenvalue weighted by Crippen LogP contribution is 2.34. The number of hydrogen-bond acceptors (Lipinski definition) is 2. The number of aryl methyl sites for hydroxylation is 1. The smallest absolute Gasteiger partial charge is 0.106 e. The van der Waals surface area contributed by atoms with Crippen LogP contribution in [0.1, 0.15) is 56.0 Å². The summed E-state index contributed by atoms with van der Waals surface area (Å²) in [6, 6.07) is 1.91. The van der Waals surface area contributed by atoms with Gasteiger partial charge in [-0.3, -0.25) is 0 Å². The molecule has 1 aliphatic carbocycles. The molecule has 0 amide bonds. The van der Waals surface area contributed by atoms with Crippen LogP contribution in [0.25, 0.3) is 0 Å². The summed E-state index contributed by atoms with van der Waals surface area (Å²) in [4.78, 5) is 0. The van der Waals surface area contributed by atoms with Gasteiger partial charge in [-0.1, -0.05) is 25.7 Å². The molecular weight excluding hydrogens is 188 g/mol. The topological polar surface area (TPSA) is 33.4 Å². The van der Waals surface area contributed by atoms with Crippen molar-refractivity contribution in [3.05, 3.63) is 23.7 Å². The van der Waals surface area contributed by atoms with E-state index in [2.05, 4.69) is 0 Å². The van der Waals surface area contributed by atoms with Crippen LogP contribution in [-0.4, -0.2) is 5.11 Å². The number of aliphatic hydroxyl groups is 1. The molecule has 0 aliphatic heterocycles. The molecule has 1 saturated carbocycles. The van der Waals surface area contributed by atoms with E-state index in [-0.39, 0.29) is 6.10 Å². The molecule has 1 aromatic heterocycles. The van der Waals surface area contributed by atoms with Crippen LogP contribution in [0.15, 0.2) is 16.7 Å². The fourth-order valence-corrected chi connectivity index (χ4v) is 2.58. The Labute approximate surface area is 91.3 Å². The monoisotopic (exact) mass is 208 g/mol. The van der Waals surface area contributed by atoms with Gasteiger partial charge in [-0.15, -0.1) is 0 Å². The number of aliphatic hydroxyl groups excluding tert-OH is 1. The van der Waals surface area contributed by atoms with Crippen LogP contribution in [0.4, 0.5) is 0 Å². The Hall–Kier alpha value is -0.760. The zero-order chi connectivity index (χ0) is 10.7. The molecule has 1 heterocycles. The molecule has 1 aliphatic rings. The number of hydrogen-bond donors (Lipinski definition) is 1. The lowest BCUT2D eigenvalue weighted by atomic mass is 9.90. The molecule has 2 nitrogen and oxygen atoms in total. The van der Waals surface area contributed by atoms with E-state index >= 15 is 0 Å². The van der Waals surface area contributed by atoms with Gasteiger partial charge in [0, 0.05) is 5.56 Å². The molecule has 0 radical (unpaired) electrons. The van der Waals surface area contributed by atoms with Gasteiger partial charge in [-0.25, -0.2) is 0 Å². The van der Waals surface area contributed by atoms with Crippen LogP contribution >= 0.6 is 0 Å². The van der Waals surface area contributed by atoms with Gasteiger partial charge in [-0.05, 0) is 31.7 Å². The minimum atomic E-state index is -0.318. The lowest BCUT2D eigenvalue weighted by molar-refractivity contribution is 0.0973. The molecule has 1 unspecified atom stereocenters. The second-order valence-electron chi connectivity index (χ2n) is 4.63. The average Bonchev–Trinajstić information content (AvgIpc) is 2.53. The van der Waals surface area contributed by atoms with Gasteiger partial charge in [0.25, 0.3) is 0 Å². The van der Waals surface area contributed by atoms with Crippen molar-refractivity contribution < 1.29 is 9.52 Å². The van der Waals surface area contributed by atoms with E-state index in [9.17, 15) is 5.11 Å². The lowest BCUT2D eigenvalue weighted by Gasteiger charge is -2.20. The second-order valence-corrected chi connectivity index (χ2v) is 4.63. The van der Waals surface area contributed by atoms with Gasteiger partial charge in [-0.2, -0.15) is 0 Å². The van der Waals surface area contributed by atoms with Crippen LogP contribution in [0, 0.1) is 12.8 Å². The molecule has 0 aromatic carbocycles. The van der Waals surface area contributed by atoms with E-state index in [0.717, 1.165) is 24.2 Å². The molecule has 0 bridgehead atoms. The Morgan fingerprint density at radius 1 is 1.27 bits per heavy atom. The van der Waals surface area contributed by atoms with Crippen LogP contribution in [0.2, 0.25) is 0 Å². The standard InChI is InChI=1S/C13H20O2/c1-10-12(8-9-15-10)13(14)11-6-4-2-3-5-7-11/h8-9,11,13-14H,2-7H2,1H3. The fraction of sp³-hybridized carbons (Fsp3) is 0.692. The SMILES string of the molecule is Cc1occc1C(O)C1CCCCCC1. The molecule has 1 N–H and O–H groups in total. The maximum atomic E-state index is 10.3. The Bertz CT molecular complexity index is 295. The Morgan fingerprint density at radius 3 is 2.47 bits per heavy atom. The predicted molar refractivity (Wildman–Crippen MR) is 59.6 cm³/mol. The molecule has 0 spiro atoms. The molecule has 2 rings (SSSR count). The van der Waals surface area contributed by atoms with Crippen LogP contribution in [0.5, 0.6) is 0 Å². The third kappa shape index (κ3) is 2.43. The highest BCUT2D eigenvalue weighted by Gasteiger charge is 2.24. The summed E-state index contributed by atoms with van der Waals surface area (Å²) in [6.07, 6.45) is 8.85. The van der Waals surface area contributed by atoms with Gasteiger partial charge < -0.3 is 9.52 Å². The molecule has 0 saturated heterocycles. The zero-order valence-corrected chi connectivity index (χ0v) is 9.41. The van der Waals surface area contributed by atoms with Gasteiger partial charge in [0.05, 0.1) is 12.4 Å². The van der Waals surface area contributed by atoms with Gasteiger partial charge in [0.1, 0.15) is 5.76 Å². The van der Waals surface area contributed by atoms with Crippen molar-refractivity contribution >= 4 is 0 Å². The largest absolute Gasteiger partial charge is 0.469 e. The molecule has 1 aromatic rings. The normalized spacial score (nSPS) is 21.2. The molecular formula is C13H20O2. The van der Waals surface area contributed by atoms with Crippen LogP contribution < -0.4 is 0 Å². The first kappa shape index (κ1) is 10.7. The van der Waals surface area contributed by atoms with Crippen molar-refractivity contribution in [3.63, 3.8) is 0 Å². The average molecular weight is 208 g/mol. The summed E-state index contributed by atoms with van der Waals surface area (Å²) < 4.78 is 5.25. The van der Waals surface area contributed by atoms with E-state index in [1.54, 1.807) is 6.26 Å². The van der Waals surface area contributed by atoms with Crippen LogP contribution in [-0.2, 0) is 0 Å². The third-order valence-electron chi connectivity index (χ3n) is 3.56. The van der Waals surface area contributed by atoms with Crippen molar-refractivity contribution in [2.24, 2.45) is 5.92 Å². The van der Waals surface area contributed by atoms with Gasteiger partial charge in [0.2, 0.25) is 0 Å². The summed E-state index contributed by atoms with van der Waals surface area (Å²) in [7, 11) is 0. The highest BCUT2D eigenvalue weighted by molar-refractivity contribution is 5.19. The minimum absolute atomic E-state index is 0.318. The van der Waals surface area contributed by atoms with E-state index in [4.69, 9.17) is 4.42 Å². The summed E-state index contributed by atoms with van der Waals surface area (Å²) in [6.45, 7) is 1.93. The Morgan fingerprint density at radius 2 is 1.93 bits per heavy atom. The molecule has 1 atom stereocenters. The first-order chi connectivity index (χ1) is 7.29. The highest BCUT2D eigenvalue weighted by atomic mass is 16.3. The first-order valence-corrected chi connectivity index (χ1v) is 6.01. The summed E-state index contributed by atoms with van der Waals surface area (Å²) in [5, 5.41) is 10.3. The van der Waals surface area contributed by atoms with Crippen molar-refractivity contribution in [1.29, 1.82) is 0 Å². The maximum Gasteiger partial charge on any atom is 0.106 e. The van der Waals surface area contributed by atoms with Crippen molar-refractivity contribution in [2.75, 3.05) is 0 Å². The number of furan rings is 1. The van der Waals surface area contributed by atoms with E-state index < -0.39 is 0 Å². The minimum Gasteiger partial charge on any atom is -0.469 e. The molecule has 1 fully saturated rings. The Balaban J connectivity index is 2.06.